The molecule has 0 saturated heterocycles. The van der Waals surface area contributed by atoms with Gasteiger partial charge in [-0.15, -0.1) is 0 Å². The molecule has 108 valence electrons. The van der Waals surface area contributed by atoms with Crippen LogP contribution >= 0.6 is 0 Å². The monoisotopic (exact) mass is 279 g/mol. The molecule has 2 aromatic carbocycles. The molecule has 0 unspecified atom stereocenters. The maximum atomic E-state index is 12.6. The van der Waals surface area contributed by atoms with Gasteiger partial charge in [0, 0.05) is 6.42 Å². The van der Waals surface area contributed by atoms with Gasteiger partial charge in [-0.1, -0.05) is 57.2 Å². The number of para-hydroxylation sites is 2. The summed E-state index contributed by atoms with van der Waals surface area (Å²) in [6.07, 6.45) is 1.42. The molecule has 0 radical (unpaired) electrons. The number of amides is 1. The van der Waals surface area contributed by atoms with Gasteiger partial charge in [0.15, 0.2) is 0 Å². The van der Waals surface area contributed by atoms with Crippen molar-refractivity contribution in [2.75, 3.05) is 4.90 Å². The lowest BCUT2D eigenvalue weighted by Crippen LogP contribution is -2.32. The summed E-state index contributed by atoms with van der Waals surface area (Å²) < 4.78 is 0. The Morgan fingerprint density at radius 1 is 0.857 bits per heavy atom. The zero-order chi connectivity index (χ0) is 15.0. The van der Waals surface area contributed by atoms with Crippen molar-refractivity contribution in [1.29, 1.82) is 0 Å². The molecule has 2 aromatic rings. The van der Waals surface area contributed by atoms with E-state index in [1.54, 1.807) is 0 Å². The van der Waals surface area contributed by atoms with Crippen molar-refractivity contribution in [2.24, 2.45) is 0 Å². The fraction of sp³-hybridized carbons (Fsp3) is 0.316. The first-order chi connectivity index (χ1) is 9.98. The summed E-state index contributed by atoms with van der Waals surface area (Å²) in [5.41, 5.74) is 4.51. The maximum absolute atomic E-state index is 12.6. The van der Waals surface area contributed by atoms with Gasteiger partial charge in [-0.2, -0.15) is 0 Å². The summed E-state index contributed by atoms with van der Waals surface area (Å²) in [5.74, 6) is 0.186. The van der Waals surface area contributed by atoms with Crippen LogP contribution in [0.3, 0.4) is 0 Å². The maximum Gasteiger partial charge on any atom is 0.231 e. The molecule has 0 aromatic heterocycles. The Morgan fingerprint density at radius 3 is 2.19 bits per heavy atom. The smallest absolute Gasteiger partial charge is 0.231 e. The van der Waals surface area contributed by atoms with Gasteiger partial charge in [-0.3, -0.25) is 9.69 Å². The summed E-state index contributed by atoms with van der Waals surface area (Å²) in [4.78, 5) is 14.5. The summed E-state index contributed by atoms with van der Waals surface area (Å²) in [7, 11) is 0. The van der Waals surface area contributed by atoms with Crippen molar-refractivity contribution >= 4 is 17.3 Å². The van der Waals surface area contributed by atoms with Crippen LogP contribution in [0.1, 0.15) is 38.3 Å². The molecule has 0 atom stereocenters. The molecule has 0 N–H and O–H groups in total. The van der Waals surface area contributed by atoms with Crippen molar-refractivity contribution in [2.45, 2.75) is 39.0 Å². The first-order valence-electron chi connectivity index (χ1n) is 7.49. The first kappa shape index (κ1) is 13.9. The molecule has 1 aliphatic rings. The van der Waals surface area contributed by atoms with Gasteiger partial charge in [0.1, 0.15) is 0 Å². The van der Waals surface area contributed by atoms with Gasteiger partial charge < -0.3 is 0 Å². The third-order valence-corrected chi connectivity index (χ3v) is 4.04. The number of aryl methyl sites for hydroxylation is 1. The van der Waals surface area contributed by atoms with Crippen LogP contribution in [0.2, 0.25) is 0 Å². The quantitative estimate of drug-likeness (QED) is 0.747. The highest BCUT2D eigenvalue weighted by atomic mass is 16.2. The van der Waals surface area contributed by atoms with E-state index in [4.69, 9.17) is 0 Å². The zero-order valence-corrected chi connectivity index (χ0v) is 12.9. The van der Waals surface area contributed by atoms with E-state index in [1.807, 2.05) is 35.2 Å². The Kier molecular flexibility index (Phi) is 3.32. The highest BCUT2D eigenvalue weighted by molar-refractivity contribution is 6.03. The van der Waals surface area contributed by atoms with Crippen LogP contribution < -0.4 is 4.90 Å². The molecular formula is C19H21NO. The topological polar surface area (TPSA) is 20.3 Å². The van der Waals surface area contributed by atoms with Crippen LogP contribution in [0.15, 0.2) is 48.5 Å². The van der Waals surface area contributed by atoms with Gasteiger partial charge in [-0.25, -0.2) is 0 Å². The predicted octanol–water partition coefficient (Wildman–Crippen LogP) is 4.60. The zero-order valence-electron chi connectivity index (χ0n) is 12.9. The molecule has 1 heterocycles. The second-order valence-electron chi connectivity index (χ2n) is 6.63. The van der Waals surface area contributed by atoms with Crippen LogP contribution in [0.5, 0.6) is 0 Å². The van der Waals surface area contributed by atoms with Gasteiger partial charge in [0.05, 0.1) is 11.4 Å². The van der Waals surface area contributed by atoms with E-state index >= 15 is 0 Å². The largest absolute Gasteiger partial charge is 0.280 e. The lowest BCUT2D eigenvalue weighted by molar-refractivity contribution is -0.118. The molecule has 3 rings (SSSR count). The van der Waals surface area contributed by atoms with Crippen LogP contribution in [-0.4, -0.2) is 5.91 Å². The summed E-state index contributed by atoms with van der Waals surface area (Å²) >= 11 is 0. The third kappa shape index (κ3) is 2.46. The molecule has 0 aliphatic carbocycles. The summed E-state index contributed by atoms with van der Waals surface area (Å²) in [6.45, 7) is 6.56. The highest BCUT2D eigenvalue weighted by Crippen LogP contribution is 2.39. The van der Waals surface area contributed by atoms with Crippen LogP contribution in [-0.2, 0) is 16.6 Å². The summed E-state index contributed by atoms with van der Waals surface area (Å²) in [6, 6.07) is 16.5. The van der Waals surface area contributed by atoms with E-state index in [0.717, 1.165) is 17.8 Å². The standard InChI is InChI=1S/C19H21NO/c1-19(2,3)15-9-5-7-11-17(15)20-16-10-6-4-8-14(16)12-13-18(20)21/h4-11H,12-13H2,1-3H3. The molecular weight excluding hydrogens is 258 g/mol. The van der Waals surface area contributed by atoms with Gasteiger partial charge in [0.2, 0.25) is 5.91 Å². The second kappa shape index (κ2) is 5.03. The van der Waals surface area contributed by atoms with E-state index in [0.29, 0.717) is 6.42 Å². The van der Waals surface area contributed by atoms with E-state index < -0.39 is 0 Å². The van der Waals surface area contributed by atoms with Gasteiger partial charge in [-0.05, 0) is 35.1 Å². The average Bonchev–Trinajstić information content (AvgIpc) is 2.46. The SMILES string of the molecule is CC(C)(C)c1ccccc1N1C(=O)CCc2ccccc21. The first-order valence-corrected chi connectivity index (χ1v) is 7.49. The fourth-order valence-corrected chi connectivity index (χ4v) is 3.00. The number of carbonyl (C=O) groups is 1. The van der Waals surface area contributed by atoms with Crippen molar-refractivity contribution < 1.29 is 4.79 Å². The molecule has 0 spiro atoms. The third-order valence-electron chi connectivity index (χ3n) is 4.04. The number of hydrogen-bond donors (Lipinski definition) is 0. The predicted molar refractivity (Wildman–Crippen MR) is 87.1 cm³/mol. The number of anilines is 2. The number of benzene rings is 2. The fourth-order valence-electron chi connectivity index (χ4n) is 3.00. The lowest BCUT2D eigenvalue weighted by Gasteiger charge is -2.33. The van der Waals surface area contributed by atoms with E-state index in [-0.39, 0.29) is 11.3 Å². The Bertz CT molecular complexity index is 682. The van der Waals surface area contributed by atoms with Gasteiger partial charge in [0.25, 0.3) is 0 Å². The molecule has 0 fully saturated rings. The average molecular weight is 279 g/mol. The van der Waals surface area contributed by atoms with Crippen molar-refractivity contribution in [3.05, 3.63) is 59.7 Å². The summed E-state index contributed by atoms with van der Waals surface area (Å²) in [5, 5.41) is 0. The van der Waals surface area contributed by atoms with Crippen LogP contribution in [0.4, 0.5) is 11.4 Å². The Morgan fingerprint density at radius 2 is 1.48 bits per heavy atom. The molecule has 1 aliphatic heterocycles. The second-order valence-corrected chi connectivity index (χ2v) is 6.63. The lowest BCUT2D eigenvalue weighted by atomic mass is 9.85. The number of hydrogen-bond acceptors (Lipinski definition) is 1. The number of nitrogens with zero attached hydrogens (tertiary/aromatic N) is 1. The van der Waals surface area contributed by atoms with Crippen LogP contribution in [0.25, 0.3) is 0 Å². The number of fused-ring (bicyclic) bond motifs is 1. The minimum Gasteiger partial charge on any atom is -0.280 e. The van der Waals surface area contributed by atoms with E-state index in [2.05, 4.69) is 39.0 Å². The Hall–Kier alpha value is -2.09. The minimum absolute atomic E-state index is 0.00324. The number of rotatable bonds is 1. The van der Waals surface area contributed by atoms with Crippen molar-refractivity contribution in [3.63, 3.8) is 0 Å². The Balaban J connectivity index is 2.19. The van der Waals surface area contributed by atoms with E-state index in [9.17, 15) is 4.79 Å². The number of carbonyl (C=O) groups excluding carboxylic acids is 1. The van der Waals surface area contributed by atoms with Crippen LogP contribution in [0, 0.1) is 0 Å². The highest BCUT2D eigenvalue weighted by Gasteiger charge is 2.29. The van der Waals surface area contributed by atoms with E-state index in [1.165, 1.54) is 11.1 Å². The normalized spacial score (nSPS) is 15.0. The molecule has 0 saturated carbocycles. The van der Waals surface area contributed by atoms with Crippen molar-refractivity contribution in [1.82, 2.24) is 0 Å². The Labute approximate surface area is 126 Å². The molecule has 21 heavy (non-hydrogen) atoms. The molecule has 0 bridgehead atoms. The molecule has 1 amide bonds. The van der Waals surface area contributed by atoms with Gasteiger partial charge >= 0.3 is 0 Å². The molecule has 2 heteroatoms. The minimum atomic E-state index is 0.00324. The molecule has 2 nitrogen and oxygen atoms in total. The van der Waals surface area contributed by atoms with Crippen molar-refractivity contribution in [3.8, 4) is 0 Å².